The molecule has 0 heterocycles. The molecule has 0 radical (unpaired) electrons. The van der Waals surface area contributed by atoms with Crippen LogP contribution in [0.2, 0.25) is 0 Å². The fraction of sp³-hybridized carbons (Fsp3) is 0.818. The van der Waals surface area contributed by atoms with E-state index in [0.29, 0.717) is 54.8 Å². The van der Waals surface area contributed by atoms with E-state index < -0.39 is 12.2 Å². The Hall–Kier alpha value is 0.470. The lowest BCUT2D eigenvalue weighted by atomic mass is 10.5. The van der Waals surface area contributed by atoms with Crippen molar-refractivity contribution >= 4 is 131 Å². The van der Waals surface area contributed by atoms with Gasteiger partial charge < -0.3 is 40.1 Å². The van der Waals surface area contributed by atoms with E-state index in [0.717, 1.165) is 30.5 Å². The van der Waals surface area contributed by atoms with E-state index in [1.165, 1.54) is 24.6 Å². The van der Waals surface area contributed by atoms with Crippen molar-refractivity contribution < 1.29 is 48.8 Å². The Kier molecular flexibility index (Phi) is 41.1. The summed E-state index contributed by atoms with van der Waals surface area (Å²) >= 11 is 14.7. The molecule has 4 N–H and O–H groups in total. The number of rotatable bonds is 34. The van der Waals surface area contributed by atoms with Crippen LogP contribution in [0.25, 0.3) is 0 Å². The Bertz CT molecular complexity index is 728. The lowest BCUT2D eigenvalue weighted by Gasteiger charge is -2.06. The summed E-state index contributed by atoms with van der Waals surface area (Å²) in [6.07, 6.45) is 2.61. The van der Waals surface area contributed by atoms with E-state index in [2.05, 4.69) is 20.6 Å². The highest BCUT2D eigenvalue weighted by atomic mass is 32.2. The molecule has 0 rings (SSSR count). The highest BCUT2D eigenvalue weighted by Gasteiger charge is 2.02. The summed E-state index contributed by atoms with van der Waals surface area (Å²) in [5.74, 6) is 2.77. The average molecular weight is 811 g/mol. The summed E-state index contributed by atoms with van der Waals surface area (Å²) in [4.78, 5) is 50.5. The number of carbonyl (C=O) groups excluding carboxylic acids is 2. The monoisotopic (exact) mass is 810 g/mol. The lowest BCUT2D eigenvalue weighted by molar-refractivity contribution is -0.217. The fourth-order valence-corrected chi connectivity index (χ4v) is 10.2. The SMILES string of the molecule is O=C(NCSCSCSC/N=C/OOCSCSCSCOC(=O)NCSCSCSC/N=C/OOCCCO)OCCCO. The molecule has 14 nitrogen and oxygen atoms in total. The van der Waals surface area contributed by atoms with Gasteiger partial charge >= 0.3 is 12.2 Å². The maximum Gasteiger partial charge on any atom is 0.408 e. The molecule has 0 aromatic heterocycles. The van der Waals surface area contributed by atoms with Crippen molar-refractivity contribution in [3.8, 4) is 0 Å². The third-order valence-corrected chi connectivity index (χ3v) is 13.6. The number of aliphatic imine (C=N–C) groups is 2. The van der Waals surface area contributed by atoms with Gasteiger partial charge in [0.15, 0.2) is 0 Å². The number of aliphatic hydroxyl groups is 2. The highest BCUT2D eigenvalue weighted by Crippen LogP contribution is 2.19. The second kappa shape index (κ2) is 40.6. The van der Waals surface area contributed by atoms with E-state index in [4.69, 9.17) is 39.2 Å². The topological polar surface area (TPSA) is 179 Å². The van der Waals surface area contributed by atoms with Crippen molar-refractivity contribution in [1.82, 2.24) is 10.6 Å². The van der Waals surface area contributed by atoms with E-state index >= 15 is 0 Å². The number of ether oxygens (including phenoxy) is 2. The zero-order chi connectivity index (χ0) is 32.7. The van der Waals surface area contributed by atoms with Gasteiger partial charge in [-0.15, -0.1) is 106 Å². The van der Waals surface area contributed by atoms with Crippen LogP contribution in [0.4, 0.5) is 9.59 Å². The van der Waals surface area contributed by atoms with E-state index in [1.54, 1.807) is 94.1 Å². The first kappa shape index (κ1) is 45.5. The van der Waals surface area contributed by atoms with Crippen LogP contribution in [0, 0.1) is 0 Å². The van der Waals surface area contributed by atoms with Crippen molar-refractivity contribution in [1.29, 1.82) is 0 Å². The Labute approximate surface area is 303 Å². The number of thioether (sulfide) groups is 9. The largest absolute Gasteiger partial charge is 0.449 e. The van der Waals surface area contributed by atoms with Gasteiger partial charge in [-0.25, -0.2) is 19.6 Å². The smallest absolute Gasteiger partial charge is 0.408 e. The van der Waals surface area contributed by atoms with Crippen LogP contribution in [-0.2, 0) is 29.0 Å². The number of alkyl carbamates (subject to hydrolysis) is 2. The van der Waals surface area contributed by atoms with Crippen LogP contribution < -0.4 is 10.6 Å². The molecule has 0 aliphatic carbocycles. The van der Waals surface area contributed by atoms with Crippen molar-refractivity contribution in [2.45, 2.75) is 12.8 Å². The van der Waals surface area contributed by atoms with Gasteiger partial charge in [-0.05, 0) is 6.42 Å². The van der Waals surface area contributed by atoms with Gasteiger partial charge in [0.2, 0.25) is 12.8 Å². The van der Waals surface area contributed by atoms with Crippen LogP contribution in [0.15, 0.2) is 9.98 Å². The normalized spacial score (nSPS) is 11.2. The summed E-state index contributed by atoms with van der Waals surface area (Å²) in [7, 11) is 0. The van der Waals surface area contributed by atoms with Gasteiger partial charge in [-0.1, -0.05) is 0 Å². The first-order valence-corrected chi connectivity index (χ1v) is 23.4. The number of carbonyl (C=O) groups is 2. The van der Waals surface area contributed by atoms with Gasteiger partial charge in [0, 0.05) is 50.1 Å². The Balaban J connectivity index is 3.25. The molecule has 0 aromatic rings. The molecule has 0 spiro atoms. The van der Waals surface area contributed by atoms with Gasteiger partial charge in [-0.3, -0.25) is 0 Å². The van der Waals surface area contributed by atoms with Crippen LogP contribution >= 0.6 is 106 Å². The van der Waals surface area contributed by atoms with Crippen LogP contribution in [-0.4, -0.2) is 128 Å². The van der Waals surface area contributed by atoms with Crippen molar-refractivity contribution in [2.24, 2.45) is 9.98 Å². The Morgan fingerprint density at radius 3 is 1.67 bits per heavy atom. The molecule has 0 unspecified atom stereocenters. The molecule has 0 fully saturated rings. The first-order valence-electron chi connectivity index (χ1n) is 13.0. The Morgan fingerprint density at radius 1 is 0.578 bits per heavy atom. The molecule has 23 heteroatoms. The molecule has 264 valence electrons. The van der Waals surface area contributed by atoms with E-state index in [-0.39, 0.29) is 19.8 Å². The number of nitrogens with one attached hydrogen (secondary N) is 2. The number of hydrogen-bond donors (Lipinski definition) is 4. The summed E-state index contributed by atoms with van der Waals surface area (Å²) < 4.78 is 9.99. The van der Waals surface area contributed by atoms with Gasteiger partial charge in [0.05, 0.1) is 36.7 Å². The molecule has 0 bridgehead atoms. The molecule has 0 aromatic carbocycles. The van der Waals surface area contributed by atoms with Crippen LogP contribution in [0.1, 0.15) is 12.8 Å². The summed E-state index contributed by atoms with van der Waals surface area (Å²) in [5, 5.41) is 27.6. The minimum absolute atomic E-state index is 0.00458. The molecule has 0 aliphatic rings. The van der Waals surface area contributed by atoms with E-state index in [1.807, 2.05) is 0 Å². The molecule has 0 aliphatic heterocycles. The fourth-order valence-electron chi connectivity index (χ4n) is 1.85. The van der Waals surface area contributed by atoms with Crippen LogP contribution in [0.5, 0.6) is 0 Å². The maximum atomic E-state index is 11.7. The zero-order valence-electron chi connectivity index (χ0n) is 24.6. The van der Waals surface area contributed by atoms with Crippen molar-refractivity contribution in [2.75, 3.05) is 92.3 Å². The first-order chi connectivity index (χ1) is 22.2. The van der Waals surface area contributed by atoms with Gasteiger partial charge in [-0.2, -0.15) is 9.78 Å². The predicted molar refractivity (Wildman–Crippen MR) is 200 cm³/mol. The standard InChI is InChI=1S/C22H42N4O10S9/c27-3-1-5-31-21(29)25-11-39-17-43-16-38-10-24-8-35-36-14-42-20-45-19-41-13-32-22(30)26-12-40-18-44-15-37-9-23-7-34-33-6-2-4-28/h7-8,27-28H,1-6,9-20H2,(H,25,29)(H,26,30)/b23-7+,24-8+. The number of hydrogen-bond acceptors (Lipinski definition) is 21. The molecule has 2 amide bonds. The second-order valence-corrected chi connectivity index (χ2v) is 18.0. The zero-order valence-corrected chi connectivity index (χ0v) is 32.0. The van der Waals surface area contributed by atoms with Crippen molar-refractivity contribution in [3.05, 3.63) is 0 Å². The maximum absolute atomic E-state index is 11.7. The summed E-state index contributed by atoms with van der Waals surface area (Å²) in [6.45, 7) is 0.615. The van der Waals surface area contributed by atoms with E-state index in [9.17, 15) is 9.59 Å². The van der Waals surface area contributed by atoms with Gasteiger partial charge in [0.1, 0.15) is 11.9 Å². The minimum Gasteiger partial charge on any atom is -0.449 e. The summed E-state index contributed by atoms with van der Waals surface area (Å²) in [6, 6.07) is 0. The lowest BCUT2D eigenvalue weighted by Crippen LogP contribution is -2.24. The molecule has 0 saturated carbocycles. The molecular formula is C22H42N4O10S9. The number of aliphatic hydroxyl groups excluding tert-OH is 2. The minimum atomic E-state index is -0.467. The molecule has 0 saturated heterocycles. The molecule has 0 atom stereocenters. The average Bonchev–Trinajstić information content (AvgIpc) is 3.04. The summed E-state index contributed by atoms with van der Waals surface area (Å²) in [5.41, 5.74) is 0. The third kappa shape index (κ3) is 40.6. The van der Waals surface area contributed by atoms with Gasteiger partial charge in [0.25, 0.3) is 0 Å². The number of nitrogens with zero attached hydrogens (tertiary/aromatic N) is 2. The second-order valence-electron chi connectivity index (χ2n) is 7.11. The number of amides is 2. The highest BCUT2D eigenvalue weighted by molar-refractivity contribution is 8.23. The van der Waals surface area contributed by atoms with Crippen LogP contribution in [0.3, 0.4) is 0 Å². The molecule has 45 heavy (non-hydrogen) atoms. The predicted octanol–water partition coefficient (Wildman–Crippen LogP) is 5.25. The molecular weight excluding hydrogens is 769 g/mol. The third-order valence-electron chi connectivity index (χ3n) is 3.67. The quantitative estimate of drug-likeness (QED) is 0.0165. The Morgan fingerprint density at radius 2 is 1.07 bits per heavy atom. The van der Waals surface area contributed by atoms with Crippen molar-refractivity contribution in [3.63, 3.8) is 0 Å².